The van der Waals surface area contributed by atoms with Gasteiger partial charge in [0.25, 0.3) is 0 Å². The van der Waals surface area contributed by atoms with Gasteiger partial charge in [-0.2, -0.15) is 4.98 Å². The Hall–Kier alpha value is -0.580. The van der Waals surface area contributed by atoms with E-state index >= 15 is 0 Å². The molecule has 0 aliphatic carbocycles. The molecule has 0 aliphatic heterocycles. The molecule has 0 bridgehead atoms. The summed E-state index contributed by atoms with van der Waals surface area (Å²) in [5.41, 5.74) is 2.98. The van der Waals surface area contributed by atoms with Gasteiger partial charge in [-0.05, 0) is 6.07 Å². The van der Waals surface area contributed by atoms with E-state index in [1.807, 2.05) is 23.7 Å². The molecule has 2 nitrogen and oxygen atoms in total. The fraction of sp³-hybridized carbons (Fsp3) is 0. The summed E-state index contributed by atoms with van der Waals surface area (Å²) >= 11 is 0. The average molecular weight is 183 g/mol. The molecule has 56 valence electrons. The molecular weight excluding hydrogens is 176 g/mol. The van der Waals surface area contributed by atoms with Crippen molar-refractivity contribution in [3.63, 3.8) is 0 Å². The summed E-state index contributed by atoms with van der Waals surface area (Å²) in [6.45, 7) is 0. The first-order valence-electron chi connectivity index (χ1n) is 3.15. The SMILES string of the molecule is NS[s+]1cnc2ccccc21. The predicted octanol–water partition coefficient (Wildman–Crippen LogP) is 2.35. The van der Waals surface area contributed by atoms with Crippen LogP contribution in [0.15, 0.2) is 29.8 Å². The van der Waals surface area contributed by atoms with Gasteiger partial charge in [0, 0.05) is 6.07 Å². The summed E-state index contributed by atoms with van der Waals surface area (Å²) in [5.74, 6) is 0. The van der Waals surface area contributed by atoms with E-state index in [0.717, 1.165) is 5.52 Å². The normalized spacial score (nSPS) is 12.3. The van der Waals surface area contributed by atoms with Crippen molar-refractivity contribution in [1.29, 1.82) is 0 Å². The van der Waals surface area contributed by atoms with Gasteiger partial charge in [-0.3, -0.25) is 0 Å². The summed E-state index contributed by atoms with van der Waals surface area (Å²) in [7, 11) is 1.35. The number of hydrogen-bond acceptors (Lipinski definition) is 3. The second-order valence-corrected chi connectivity index (χ2v) is 5.19. The average Bonchev–Trinajstić information content (AvgIpc) is 2.47. The van der Waals surface area contributed by atoms with Crippen molar-refractivity contribution in [3.05, 3.63) is 29.8 Å². The molecule has 0 spiro atoms. The monoisotopic (exact) mass is 183 g/mol. The van der Waals surface area contributed by atoms with Gasteiger partial charge in [-0.1, -0.05) is 12.1 Å². The first-order chi connectivity index (χ1) is 5.42. The van der Waals surface area contributed by atoms with Gasteiger partial charge in [0.1, 0.15) is 5.52 Å². The summed E-state index contributed by atoms with van der Waals surface area (Å²) in [6.07, 6.45) is 0. The predicted molar refractivity (Wildman–Crippen MR) is 51.4 cm³/mol. The molecule has 2 N–H and O–H groups in total. The number of benzene rings is 1. The number of rotatable bonds is 1. The van der Waals surface area contributed by atoms with Gasteiger partial charge in [0.2, 0.25) is 21.2 Å². The molecule has 0 aliphatic rings. The van der Waals surface area contributed by atoms with Crippen molar-refractivity contribution in [3.8, 4) is 0 Å². The summed E-state index contributed by atoms with van der Waals surface area (Å²) < 4.78 is 1.25. The van der Waals surface area contributed by atoms with Gasteiger partial charge >= 0.3 is 0 Å². The first-order valence-corrected chi connectivity index (χ1v) is 5.84. The Morgan fingerprint density at radius 1 is 1.36 bits per heavy atom. The zero-order valence-electron chi connectivity index (χ0n) is 5.73. The Morgan fingerprint density at radius 3 is 3.00 bits per heavy atom. The lowest BCUT2D eigenvalue weighted by Gasteiger charge is -1.79. The molecule has 1 heterocycles. The lowest BCUT2D eigenvalue weighted by molar-refractivity contribution is 1.50. The molecule has 0 fully saturated rings. The lowest BCUT2D eigenvalue weighted by Crippen LogP contribution is -1.68. The highest BCUT2D eigenvalue weighted by Gasteiger charge is 2.11. The Kier molecular flexibility index (Phi) is 1.81. The zero-order chi connectivity index (χ0) is 7.68. The number of thiazole rings is 1. The van der Waals surface area contributed by atoms with Crippen LogP contribution in [-0.4, -0.2) is 4.98 Å². The maximum absolute atomic E-state index is 5.49. The topological polar surface area (TPSA) is 38.9 Å². The van der Waals surface area contributed by atoms with Crippen LogP contribution in [0.25, 0.3) is 10.2 Å². The molecule has 0 amide bonds. The molecule has 0 saturated heterocycles. The van der Waals surface area contributed by atoms with Gasteiger partial charge in [0.15, 0.2) is 0 Å². The van der Waals surface area contributed by atoms with Crippen molar-refractivity contribution < 1.29 is 0 Å². The molecule has 0 radical (unpaired) electrons. The highest BCUT2D eigenvalue weighted by atomic mass is 33.1. The Bertz CT molecular complexity index is 369. The van der Waals surface area contributed by atoms with Crippen molar-refractivity contribution in [1.82, 2.24) is 4.98 Å². The van der Waals surface area contributed by atoms with Crippen LogP contribution in [0.2, 0.25) is 0 Å². The first kappa shape index (κ1) is 7.09. The lowest BCUT2D eigenvalue weighted by atomic mass is 10.3. The quantitative estimate of drug-likeness (QED) is 0.419. The largest absolute Gasteiger partial charge is 0.245 e. The van der Waals surface area contributed by atoms with Gasteiger partial charge in [-0.15, -0.1) is 0 Å². The third-order valence-electron chi connectivity index (χ3n) is 1.47. The summed E-state index contributed by atoms with van der Waals surface area (Å²) in [6, 6.07) is 8.09. The second kappa shape index (κ2) is 2.81. The highest BCUT2D eigenvalue weighted by Crippen LogP contribution is 2.35. The van der Waals surface area contributed by atoms with E-state index in [1.54, 1.807) is 0 Å². The van der Waals surface area contributed by atoms with E-state index in [1.165, 1.54) is 15.7 Å². The number of nitrogens with zero attached hydrogens (tertiary/aromatic N) is 1. The maximum Gasteiger partial charge on any atom is 0.245 e. The molecule has 1 aromatic carbocycles. The Morgan fingerprint density at radius 2 is 2.18 bits per heavy atom. The van der Waals surface area contributed by atoms with Crippen LogP contribution >= 0.6 is 20.5 Å². The van der Waals surface area contributed by atoms with Crippen molar-refractivity contribution in [2.45, 2.75) is 0 Å². The van der Waals surface area contributed by atoms with Crippen LogP contribution in [0.1, 0.15) is 0 Å². The minimum absolute atomic E-state index is 0.00642. The van der Waals surface area contributed by atoms with E-state index < -0.39 is 0 Å². The van der Waals surface area contributed by atoms with E-state index in [2.05, 4.69) is 11.1 Å². The number of fused-ring (bicyclic) bond motifs is 1. The standard InChI is InChI=1S/C7H7N2S2/c8-10-11-5-9-6-3-1-2-4-7(6)11/h1-5H,8H2/q+1. The number of nitrogens with two attached hydrogens (primary N) is 1. The van der Waals surface area contributed by atoms with E-state index in [9.17, 15) is 0 Å². The fourth-order valence-electron chi connectivity index (χ4n) is 0.972. The van der Waals surface area contributed by atoms with Crippen LogP contribution in [0, 0.1) is 0 Å². The third kappa shape index (κ3) is 1.13. The van der Waals surface area contributed by atoms with Gasteiger partial charge in [0.05, 0.1) is 9.50 Å². The van der Waals surface area contributed by atoms with E-state index in [-0.39, 0.29) is 9.50 Å². The number of hydrogen-bond donors (Lipinski definition) is 1. The summed E-state index contributed by atoms with van der Waals surface area (Å²) in [4.78, 5) is 4.24. The smallest absolute Gasteiger partial charge is 0.228 e. The van der Waals surface area contributed by atoms with E-state index in [4.69, 9.17) is 5.14 Å². The minimum atomic E-state index is -0.00642. The van der Waals surface area contributed by atoms with Crippen LogP contribution in [0.4, 0.5) is 0 Å². The zero-order valence-corrected chi connectivity index (χ0v) is 7.36. The molecular formula is C7H7N2S2+. The minimum Gasteiger partial charge on any atom is -0.228 e. The van der Waals surface area contributed by atoms with Crippen LogP contribution < -0.4 is 5.14 Å². The van der Waals surface area contributed by atoms with Crippen molar-refractivity contribution >= 4 is 30.7 Å². The maximum atomic E-state index is 5.49. The molecule has 11 heavy (non-hydrogen) atoms. The van der Waals surface area contributed by atoms with E-state index in [0.29, 0.717) is 0 Å². The molecule has 1 aromatic heterocycles. The van der Waals surface area contributed by atoms with Gasteiger partial charge < -0.3 is 0 Å². The third-order valence-corrected chi connectivity index (χ3v) is 4.18. The van der Waals surface area contributed by atoms with Crippen LogP contribution in [-0.2, 0) is 0 Å². The fourth-order valence-corrected chi connectivity index (χ4v) is 3.00. The van der Waals surface area contributed by atoms with Crippen LogP contribution in [0.5, 0.6) is 0 Å². The molecule has 4 heteroatoms. The molecule has 1 unspecified atom stereocenters. The Labute approximate surface area is 70.9 Å². The number of aromatic nitrogens is 1. The molecule has 2 rings (SSSR count). The second-order valence-electron chi connectivity index (χ2n) is 2.10. The molecule has 2 aromatic rings. The summed E-state index contributed by atoms with van der Waals surface area (Å²) in [5, 5.41) is 5.49. The van der Waals surface area contributed by atoms with Gasteiger partial charge in [-0.25, -0.2) is 5.14 Å². The highest BCUT2D eigenvalue weighted by molar-refractivity contribution is 8.45. The Balaban J connectivity index is 2.76. The molecule has 1 atom stereocenters. The van der Waals surface area contributed by atoms with Crippen molar-refractivity contribution in [2.24, 2.45) is 5.14 Å². The number of para-hydroxylation sites is 1. The van der Waals surface area contributed by atoms with Crippen LogP contribution in [0.3, 0.4) is 0 Å². The molecule has 0 saturated carbocycles. The van der Waals surface area contributed by atoms with Crippen molar-refractivity contribution in [2.75, 3.05) is 0 Å².